The van der Waals surface area contributed by atoms with Gasteiger partial charge in [-0.3, -0.25) is 0 Å². The summed E-state index contributed by atoms with van der Waals surface area (Å²) in [6, 6.07) is 5.13. The topological polar surface area (TPSA) is 80.9 Å². The van der Waals surface area contributed by atoms with Crippen LogP contribution >= 0.6 is 0 Å². The van der Waals surface area contributed by atoms with Gasteiger partial charge in [0.2, 0.25) is 0 Å². The number of phenolic OH excluding ortho intramolecular Hbond substituents is 2. The van der Waals surface area contributed by atoms with Crippen molar-refractivity contribution in [3.8, 4) is 11.5 Å². The van der Waals surface area contributed by atoms with E-state index in [-0.39, 0.29) is 16.9 Å². The molecule has 26 heavy (non-hydrogen) atoms. The third-order valence-corrected chi connectivity index (χ3v) is 6.50. The van der Waals surface area contributed by atoms with Gasteiger partial charge in [-0.15, -0.1) is 0 Å². The summed E-state index contributed by atoms with van der Waals surface area (Å²) in [6.07, 6.45) is 8.83. The zero-order valence-corrected chi connectivity index (χ0v) is 15.8. The molecular formula is C22H30O4. The van der Waals surface area contributed by atoms with Crippen molar-refractivity contribution in [1.82, 2.24) is 0 Å². The van der Waals surface area contributed by atoms with Crippen LogP contribution in [0.3, 0.4) is 0 Å². The van der Waals surface area contributed by atoms with Crippen molar-refractivity contribution in [2.75, 3.05) is 0 Å². The van der Waals surface area contributed by atoms with E-state index in [1.807, 2.05) is 12.1 Å². The summed E-state index contributed by atoms with van der Waals surface area (Å²) < 4.78 is 0. The summed E-state index contributed by atoms with van der Waals surface area (Å²) in [5.41, 5.74) is 0.904. The van der Waals surface area contributed by atoms with E-state index >= 15 is 0 Å². The maximum absolute atomic E-state index is 10.1. The Morgan fingerprint density at radius 1 is 1.04 bits per heavy atom. The lowest BCUT2D eigenvalue weighted by Gasteiger charge is -2.41. The number of hydrogen-bond acceptors (Lipinski definition) is 4. The molecule has 1 saturated carbocycles. The average Bonchev–Trinajstić information content (AvgIpc) is 2.60. The van der Waals surface area contributed by atoms with E-state index in [0.29, 0.717) is 11.8 Å². The molecule has 0 bridgehead atoms. The first kappa shape index (κ1) is 19.0. The van der Waals surface area contributed by atoms with Crippen molar-refractivity contribution < 1.29 is 20.4 Å². The van der Waals surface area contributed by atoms with Crippen LogP contribution in [0.15, 0.2) is 42.0 Å². The molecule has 3 rings (SSSR count). The molecule has 2 unspecified atom stereocenters. The van der Waals surface area contributed by atoms with E-state index in [1.165, 1.54) is 0 Å². The summed E-state index contributed by atoms with van der Waals surface area (Å²) in [6.45, 7) is 6.02. The Morgan fingerprint density at radius 3 is 2.27 bits per heavy atom. The number of aliphatic hydroxyl groups excluding tert-OH is 1. The van der Waals surface area contributed by atoms with Crippen LogP contribution in [0.1, 0.15) is 52.0 Å². The van der Waals surface area contributed by atoms with Crippen molar-refractivity contribution in [3.63, 3.8) is 0 Å². The van der Waals surface area contributed by atoms with E-state index in [0.717, 1.165) is 36.8 Å². The standard InChI is InChI=1S/C22H30O4/c1-21(2,17-8-9-18(23)19(24)13-17)16-6-4-14(5-7-16)15-10-11-22(3,26)20(25)12-15/h8-14,16,20,23-26H,4-7H2,1-3H3. The molecule has 1 fully saturated rings. The minimum absolute atomic E-state index is 0.0669. The Balaban J connectivity index is 1.68. The Kier molecular flexibility index (Phi) is 4.93. The summed E-state index contributed by atoms with van der Waals surface area (Å²) in [4.78, 5) is 0. The molecule has 0 aliphatic heterocycles. The lowest BCUT2D eigenvalue weighted by atomic mass is 9.64. The van der Waals surface area contributed by atoms with E-state index in [9.17, 15) is 20.4 Å². The van der Waals surface area contributed by atoms with Gasteiger partial charge in [-0.05, 0) is 79.2 Å². The third kappa shape index (κ3) is 3.53. The van der Waals surface area contributed by atoms with Gasteiger partial charge in [-0.25, -0.2) is 0 Å². The van der Waals surface area contributed by atoms with Crippen LogP contribution < -0.4 is 0 Å². The van der Waals surface area contributed by atoms with Gasteiger partial charge in [0.05, 0.1) is 0 Å². The highest BCUT2D eigenvalue weighted by Crippen LogP contribution is 2.45. The quantitative estimate of drug-likeness (QED) is 0.620. The second kappa shape index (κ2) is 6.75. The highest BCUT2D eigenvalue weighted by Gasteiger charge is 2.37. The second-order valence-corrected chi connectivity index (χ2v) is 8.64. The normalized spacial score (nSPS) is 32.3. The van der Waals surface area contributed by atoms with Crippen molar-refractivity contribution in [2.24, 2.45) is 11.8 Å². The molecule has 4 nitrogen and oxygen atoms in total. The molecule has 4 heteroatoms. The van der Waals surface area contributed by atoms with Crippen molar-refractivity contribution in [2.45, 2.75) is 63.6 Å². The van der Waals surface area contributed by atoms with Crippen LogP contribution in [-0.4, -0.2) is 32.1 Å². The SMILES string of the molecule is CC1(O)C=CC(C2CCC(C(C)(C)c3ccc(O)c(O)c3)CC2)=CC1O. The largest absolute Gasteiger partial charge is 0.504 e. The molecule has 1 aromatic rings. The predicted octanol–water partition coefficient (Wildman–Crippen LogP) is 3.79. The monoisotopic (exact) mass is 358 g/mol. The Hall–Kier alpha value is -1.78. The maximum atomic E-state index is 10.1. The molecule has 0 heterocycles. The van der Waals surface area contributed by atoms with E-state index < -0.39 is 11.7 Å². The van der Waals surface area contributed by atoms with Gasteiger partial charge in [0.15, 0.2) is 11.5 Å². The summed E-state index contributed by atoms with van der Waals surface area (Å²) >= 11 is 0. The number of benzene rings is 1. The van der Waals surface area contributed by atoms with Crippen molar-refractivity contribution >= 4 is 0 Å². The number of aliphatic hydroxyl groups is 2. The lowest BCUT2D eigenvalue weighted by Crippen LogP contribution is -2.38. The fraction of sp³-hybridized carbons (Fsp3) is 0.545. The van der Waals surface area contributed by atoms with Crippen LogP contribution in [0.5, 0.6) is 11.5 Å². The molecule has 2 aliphatic carbocycles. The second-order valence-electron chi connectivity index (χ2n) is 8.64. The first-order chi connectivity index (χ1) is 12.1. The molecule has 4 N–H and O–H groups in total. The number of hydrogen-bond donors (Lipinski definition) is 4. The van der Waals surface area contributed by atoms with Gasteiger partial charge >= 0.3 is 0 Å². The number of rotatable bonds is 3. The van der Waals surface area contributed by atoms with Crippen LogP contribution in [0.4, 0.5) is 0 Å². The van der Waals surface area contributed by atoms with Gasteiger partial charge < -0.3 is 20.4 Å². The molecule has 0 saturated heterocycles. The van der Waals surface area contributed by atoms with Crippen LogP contribution in [0.25, 0.3) is 0 Å². The van der Waals surface area contributed by atoms with Gasteiger partial charge in [-0.1, -0.05) is 32.1 Å². The molecule has 1 aromatic carbocycles. The minimum atomic E-state index is -1.18. The zero-order valence-electron chi connectivity index (χ0n) is 15.8. The smallest absolute Gasteiger partial charge is 0.157 e. The Morgan fingerprint density at radius 2 is 1.69 bits per heavy atom. The molecule has 142 valence electrons. The fourth-order valence-corrected chi connectivity index (χ4v) is 4.35. The first-order valence-electron chi connectivity index (χ1n) is 9.45. The summed E-state index contributed by atoms with van der Waals surface area (Å²) in [5.74, 6) is 0.752. The molecule has 2 aliphatic rings. The van der Waals surface area contributed by atoms with E-state index in [1.54, 1.807) is 31.2 Å². The Bertz CT molecular complexity index is 722. The lowest BCUT2D eigenvalue weighted by molar-refractivity contribution is -0.00199. The highest BCUT2D eigenvalue weighted by atomic mass is 16.3. The van der Waals surface area contributed by atoms with Crippen molar-refractivity contribution in [3.05, 3.63) is 47.6 Å². The van der Waals surface area contributed by atoms with Crippen LogP contribution in [-0.2, 0) is 5.41 Å². The highest BCUT2D eigenvalue weighted by molar-refractivity contribution is 5.43. The van der Waals surface area contributed by atoms with E-state index in [4.69, 9.17) is 0 Å². The number of allylic oxidation sites excluding steroid dienone is 2. The summed E-state index contributed by atoms with van der Waals surface area (Å²) in [7, 11) is 0. The van der Waals surface area contributed by atoms with Gasteiger partial charge in [0.25, 0.3) is 0 Å². The molecular weight excluding hydrogens is 328 g/mol. The van der Waals surface area contributed by atoms with Crippen LogP contribution in [0.2, 0.25) is 0 Å². The maximum Gasteiger partial charge on any atom is 0.157 e. The number of aromatic hydroxyl groups is 2. The third-order valence-electron chi connectivity index (χ3n) is 6.50. The average molecular weight is 358 g/mol. The predicted molar refractivity (Wildman–Crippen MR) is 102 cm³/mol. The molecule has 0 amide bonds. The summed E-state index contributed by atoms with van der Waals surface area (Å²) in [5, 5.41) is 39.5. The molecule has 0 aromatic heterocycles. The van der Waals surface area contributed by atoms with E-state index in [2.05, 4.69) is 13.8 Å². The molecule has 0 radical (unpaired) electrons. The first-order valence-corrected chi connectivity index (χ1v) is 9.45. The van der Waals surface area contributed by atoms with Gasteiger partial charge in [-0.2, -0.15) is 0 Å². The molecule has 2 atom stereocenters. The minimum Gasteiger partial charge on any atom is -0.504 e. The van der Waals surface area contributed by atoms with Gasteiger partial charge in [0.1, 0.15) is 11.7 Å². The zero-order chi connectivity index (χ0) is 19.1. The van der Waals surface area contributed by atoms with Crippen LogP contribution in [0, 0.1) is 11.8 Å². The van der Waals surface area contributed by atoms with Crippen molar-refractivity contribution in [1.29, 1.82) is 0 Å². The Labute approximate surface area is 155 Å². The van der Waals surface area contributed by atoms with Gasteiger partial charge in [0, 0.05) is 0 Å². The molecule has 0 spiro atoms. The number of phenols is 2. The fourth-order valence-electron chi connectivity index (χ4n) is 4.35.